The van der Waals surface area contributed by atoms with Gasteiger partial charge < -0.3 is 19.8 Å². The smallest absolute Gasteiger partial charge is 0.124 e. The quantitative estimate of drug-likeness (QED) is 0.628. The van der Waals surface area contributed by atoms with E-state index < -0.39 is 6.10 Å². The van der Waals surface area contributed by atoms with Crippen molar-refractivity contribution in [3.63, 3.8) is 0 Å². The largest absolute Gasteiger partial charge is 0.497 e. The lowest BCUT2D eigenvalue weighted by molar-refractivity contribution is 0.0905. The lowest BCUT2D eigenvalue weighted by atomic mass is 10.1. The molecule has 3 N–H and O–H groups in total. The summed E-state index contributed by atoms with van der Waals surface area (Å²) in [6, 6.07) is 5.11. The third kappa shape index (κ3) is 2.82. The van der Waals surface area contributed by atoms with E-state index in [-0.39, 0.29) is 6.54 Å². The lowest BCUT2D eigenvalue weighted by Crippen LogP contribution is -2.17. The SMILES string of the molecule is COc1ccc(OC)c(C(O)CNO)c1. The van der Waals surface area contributed by atoms with Crippen molar-refractivity contribution in [3.8, 4) is 11.5 Å². The minimum absolute atomic E-state index is 0.0313. The van der Waals surface area contributed by atoms with E-state index in [4.69, 9.17) is 14.7 Å². The van der Waals surface area contributed by atoms with Crippen LogP contribution < -0.4 is 15.0 Å². The van der Waals surface area contributed by atoms with Gasteiger partial charge in [-0.3, -0.25) is 0 Å². The second kappa shape index (κ2) is 5.55. The molecule has 84 valence electrons. The summed E-state index contributed by atoms with van der Waals surface area (Å²) in [5.74, 6) is 1.18. The van der Waals surface area contributed by atoms with Crippen LogP contribution in [-0.2, 0) is 0 Å². The number of aliphatic hydroxyl groups is 1. The maximum Gasteiger partial charge on any atom is 0.124 e. The monoisotopic (exact) mass is 213 g/mol. The maximum absolute atomic E-state index is 9.69. The normalized spacial score (nSPS) is 12.3. The Morgan fingerprint density at radius 1 is 1.33 bits per heavy atom. The molecule has 0 aromatic heterocycles. The number of nitrogens with one attached hydrogen (secondary N) is 1. The molecule has 0 aliphatic carbocycles. The lowest BCUT2D eigenvalue weighted by Gasteiger charge is -2.14. The van der Waals surface area contributed by atoms with Gasteiger partial charge in [0.1, 0.15) is 11.5 Å². The number of hydrogen-bond donors (Lipinski definition) is 3. The molecule has 0 saturated heterocycles. The van der Waals surface area contributed by atoms with Gasteiger partial charge in [-0.1, -0.05) is 0 Å². The molecular weight excluding hydrogens is 198 g/mol. The first-order valence-electron chi connectivity index (χ1n) is 4.50. The first kappa shape index (κ1) is 11.8. The molecule has 0 bridgehead atoms. The Bertz CT molecular complexity index is 316. The van der Waals surface area contributed by atoms with Crippen LogP contribution >= 0.6 is 0 Å². The first-order valence-corrected chi connectivity index (χ1v) is 4.50. The van der Waals surface area contributed by atoms with E-state index in [1.54, 1.807) is 25.3 Å². The Hall–Kier alpha value is -1.30. The Morgan fingerprint density at radius 2 is 2.07 bits per heavy atom. The van der Waals surface area contributed by atoms with Gasteiger partial charge in [-0.2, -0.15) is 0 Å². The van der Waals surface area contributed by atoms with Crippen LogP contribution in [0.4, 0.5) is 0 Å². The fourth-order valence-electron chi connectivity index (χ4n) is 1.30. The highest BCUT2D eigenvalue weighted by molar-refractivity contribution is 5.41. The van der Waals surface area contributed by atoms with Crippen LogP contribution in [0.2, 0.25) is 0 Å². The summed E-state index contributed by atoms with van der Waals surface area (Å²) in [5.41, 5.74) is 2.48. The van der Waals surface area contributed by atoms with E-state index >= 15 is 0 Å². The van der Waals surface area contributed by atoms with Gasteiger partial charge >= 0.3 is 0 Å². The fraction of sp³-hybridized carbons (Fsp3) is 0.400. The average Bonchev–Trinajstić information content (AvgIpc) is 2.28. The predicted molar refractivity (Wildman–Crippen MR) is 54.3 cm³/mol. The molecule has 0 aliphatic heterocycles. The van der Waals surface area contributed by atoms with Crippen LogP contribution in [0.3, 0.4) is 0 Å². The van der Waals surface area contributed by atoms with Gasteiger partial charge in [-0.05, 0) is 18.2 Å². The van der Waals surface area contributed by atoms with Gasteiger partial charge in [0.2, 0.25) is 0 Å². The molecule has 0 amide bonds. The second-order valence-electron chi connectivity index (χ2n) is 2.99. The van der Waals surface area contributed by atoms with Crippen LogP contribution in [0.1, 0.15) is 11.7 Å². The third-order valence-corrected chi connectivity index (χ3v) is 2.08. The van der Waals surface area contributed by atoms with E-state index in [1.165, 1.54) is 7.11 Å². The van der Waals surface area contributed by atoms with Gasteiger partial charge in [0.05, 0.1) is 26.9 Å². The van der Waals surface area contributed by atoms with Crippen LogP contribution in [0.5, 0.6) is 11.5 Å². The van der Waals surface area contributed by atoms with Gasteiger partial charge in [-0.25, -0.2) is 5.48 Å². The van der Waals surface area contributed by atoms with Crippen LogP contribution in [0.15, 0.2) is 18.2 Å². The Morgan fingerprint density at radius 3 is 2.60 bits per heavy atom. The number of aliphatic hydroxyl groups excluding tert-OH is 1. The van der Waals surface area contributed by atoms with Crippen molar-refractivity contribution < 1.29 is 19.8 Å². The maximum atomic E-state index is 9.69. The summed E-state index contributed by atoms with van der Waals surface area (Å²) in [7, 11) is 3.06. The number of ether oxygens (including phenoxy) is 2. The molecule has 0 radical (unpaired) electrons. The van der Waals surface area contributed by atoms with Gasteiger partial charge in [-0.15, -0.1) is 0 Å². The molecule has 1 atom stereocenters. The van der Waals surface area contributed by atoms with E-state index in [0.29, 0.717) is 17.1 Å². The fourth-order valence-corrected chi connectivity index (χ4v) is 1.30. The highest BCUT2D eigenvalue weighted by Crippen LogP contribution is 2.28. The van der Waals surface area contributed by atoms with Crippen molar-refractivity contribution in [2.24, 2.45) is 0 Å². The molecule has 1 aromatic rings. The highest BCUT2D eigenvalue weighted by atomic mass is 16.5. The van der Waals surface area contributed by atoms with Crippen molar-refractivity contribution in [3.05, 3.63) is 23.8 Å². The van der Waals surface area contributed by atoms with Crippen LogP contribution in [-0.4, -0.2) is 31.1 Å². The van der Waals surface area contributed by atoms with Crippen LogP contribution in [0.25, 0.3) is 0 Å². The number of benzene rings is 1. The zero-order valence-electron chi connectivity index (χ0n) is 8.73. The molecular formula is C10H15NO4. The topological polar surface area (TPSA) is 71.0 Å². The minimum atomic E-state index is -0.847. The Balaban J connectivity index is 3.00. The highest BCUT2D eigenvalue weighted by Gasteiger charge is 2.13. The molecule has 1 rings (SSSR count). The zero-order valence-corrected chi connectivity index (χ0v) is 8.73. The van der Waals surface area contributed by atoms with Gasteiger partial charge in [0.15, 0.2) is 0 Å². The molecule has 1 unspecified atom stereocenters. The average molecular weight is 213 g/mol. The molecule has 0 saturated carbocycles. The number of methoxy groups -OCH3 is 2. The second-order valence-corrected chi connectivity index (χ2v) is 2.99. The van der Waals surface area contributed by atoms with E-state index in [9.17, 15) is 5.11 Å². The summed E-state index contributed by atoms with van der Waals surface area (Å²) in [4.78, 5) is 0. The first-order chi connectivity index (χ1) is 7.22. The van der Waals surface area contributed by atoms with Crippen LogP contribution in [0, 0.1) is 0 Å². The minimum Gasteiger partial charge on any atom is -0.497 e. The Labute approximate surface area is 88.2 Å². The van der Waals surface area contributed by atoms with Gasteiger partial charge in [0.25, 0.3) is 0 Å². The van der Waals surface area contributed by atoms with E-state index in [0.717, 1.165) is 0 Å². The Kier molecular flexibility index (Phi) is 4.36. The van der Waals surface area contributed by atoms with Crippen molar-refractivity contribution >= 4 is 0 Å². The molecule has 5 nitrogen and oxygen atoms in total. The molecule has 1 aromatic carbocycles. The molecule has 15 heavy (non-hydrogen) atoms. The summed E-state index contributed by atoms with van der Waals surface area (Å²) < 4.78 is 10.1. The molecule has 0 spiro atoms. The predicted octanol–water partition coefficient (Wildman–Crippen LogP) is 0.716. The molecule has 0 heterocycles. The van der Waals surface area contributed by atoms with Crippen molar-refractivity contribution in [1.82, 2.24) is 5.48 Å². The summed E-state index contributed by atoms with van der Waals surface area (Å²) in [6.45, 7) is 0.0313. The van der Waals surface area contributed by atoms with Gasteiger partial charge in [0, 0.05) is 5.56 Å². The zero-order chi connectivity index (χ0) is 11.3. The molecule has 0 fully saturated rings. The van der Waals surface area contributed by atoms with E-state index in [1.807, 2.05) is 5.48 Å². The summed E-state index contributed by atoms with van der Waals surface area (Å²) in [6.07, 6.45) is -0.847. The summed E-state index contributed by atoms with van der Waals surface area (Å²) in [5, 5.41) is 18.2. The third-order valence-electron chi connectivity index (χ3n) is 2.08. The summed E-state index contributed by atoms with van der Waals surface area (Å²) >= 11 is 0. The van der Waals surface area contributed by atoms with Crippen molar-refractivity contribution in [1.29, 1.82) is 0 Å². The van der Waals surface area contributed by atoms with Crippen molar-refractivity contribution in [2.75, 3.05) is 20.8 Å². The molecule has 5 heteroatoms. The van der Waals surface area contributed by atoms with E-state index in [2.05, 4.69) is 0 Å². The van der Waals surface area contributed by atoms with Crippen molar-refractivity contribution in [2.45, 2.75) is 6.10 Å². The standard InChI is InChI=1S/C10H15NO4/c1-14-7-3-4-10(15-2)8(5-7)9(12)6-11-13/h3-5,9,11-13H,6H2,1-2H3. The number of rotatable bonds is 5. The number of hydroxylamine groups is 1. The molecule has 0 aliphatic rings. The number of hydrogen-bond acceptors (Lipinski definition) is 5.